The molecule has 0 N–H and O–H groups in total. The van der Waals surface area contributed by atoms with Crippen LogP contribution in [0.15, 0.2) is 51.4 Å². The summed E-state index contributed by atoms with van der Waals surface area (Å²) in [6.45, 7) is 3.62. The third-order valence-electron chi connectivity index (χ3n) is 3.79. The van der Waals surface area contributed by atoms with Crippen molar-refractivity contribution in [3.05, 3.63) is 63.8 Å². The molecule has 122 valence electrons. The zero-order valence-corrected chi connectivity index (χ0v) is 14.8. The van der Waals surface area contributed by atoms with E-state index < -0.39 is 5.97 Å². The van der Waals surface area contributed by atoms with Crippen molar-refractivity contribution in [2.24, 2.45) is 0 Å². The van der Waals surface area contributed by atoms with Crippen LogP contribution in [0.4, 0.5) is 0 Å². The number of furan rings is 1. The lowest BCUT2D eigenvalue weighted by molar-refractivity contribution is 0.0703. The Morgan fingerprint density at radius 1 is 1.12 bits per heavy atom. The summed E-state index contributed by atoms with van der Waals surface area (Å²) in [5, 5.41) is 0.861. The Morgan fingerprint density at radius 2 is 1.83 bits per heavy atom. The molecule has 0 radical (unpaired) electrons. The van der Waals surface area contributed by atoms with E-state index in [1.807, 2.05) is 19.1 Å². The number of fused-ring (bicyclic) bond motifs is 1. The van der Waals surface area contributed by atoms with E-state index in [9.17, 15) is 9.59 Å². The van der Waals surface area contributed by atoms with Crippen molar-refractivity contribution in [1.29, 1.82) is 0 Å². The standard InChI is InChI=1S/C19H15BrO4/c1-3-16(21)12-4-7-14(8-5-12)23-19(22)18-11(2)15-10-13(20)6-9-17(15)24-18/h4-10H,3H2,1-2H3. The highest BCUT2D eigenvalue weighted by atomic mass is 79.9. The fourth-order valence-electron chi connectivity index (χ4n) is 2.45. The molecule has 0 atom stereocenters. The van der Waals surface area contributed by atoms with E-state index in [0.717, 1.165) is 15.4 Å². The molecule has 0 amide bonds. The monoisotopic (exact) mass is 386 g/mol. The van der Waals surface area contributed by atoms with Crippen molar-refractivity contribution in [2.45, 2.75) is 20.3 Å². The molecule has 4 nitrogen and oxygen atoms in total. The molecule has 0 aliphatic rings. The molecular weight excluding hydrogens is 372 g/mol. The van der Waals surface area contributed by atoms with E-state index in [0.29, 0.717) is 23.3 Å². The van der Waals surface area contributed by atoms with Gasteiger partial charge in [0.15, 0.2) is 5.78 Å². The van der Waals surface area contributed by atoms with Gasteiger partial charge in [-0.15, -0.1) is 0 Å². The molecule has 3 rings (SSSR count). The van der Waals surface area contributed by atoms with Crippen LogP contribution >= 0.6 is 15.9 Å². The minimum absolute atomic E-state index is 0.0478. The normalized spacial score (nSPS) is 10.8. The fourth-order valence-corrected chi connectivity index (χ4v) is 2.82. The number of halogens is 1. The Kier molecular flexibility index (Phi) is 4.53. The Hall–Kier alpha value is -2.40. The van der Waals surface area contributed by atoms with Crippen LogP contribution in [0.2, 0.25) is 0 Å². The van der Waals surface area contributed by atoms with Crippen LogP contribution in [0.25, 0.3) is 11.0 Å². The average molecular weight is 387 g/mol. The summed E-state index contributed by atoms with van der Waals surface area (Å²) >= 11 is 3.41. The molecule has 5 heteroatoms. The molecule has 24 heavy (non-hydrogen) atoms. The molecule has 1 aromatic heterocycles. The highest BCUT2D eigenvalue weighted by Gasteiger charge is 2.20. The smallest absolute Gasteiger partial charge is 0.379 e. The molecule has 2 aromatic carbocycles. The summed E-state index contributed by atoms with van der Waals surface area (Å²) in [6, 6.07) is 12.1. The second-order valence-corrected chi connectivity index (χ2v) is 6.30. The second-order valence-electron chi connectivity index (χ2n) is 5.39. The van der Waals surface area contributed by atoms with Gasteiger partial charge in [-0.1, -0.05) is 22.9 Å². The molecule has 0 spiro atoms. The van der Waals surface area contributed by atoms with Crippen LogP contribution in [0.5, 0.6) is 5.75 Å². The van der Waals surface area contributed by atoms with Gasteiger partial charge in [-0.3, -0.25) is 4.79 Å². The number of ketones is 1. The first-order valence-corrected chi connectivity index (χ1v) is 8.33. The van der Waals surface area contributed by atoms with Gasteiger partial charge in [-0.2, -0.15) is 0 Å². The van der Waals surface area contributed by atoms with E-state index in [4.69, 9.17) is 9.15 Å². The minimum Gasteiger partial charge on any atom is -0.449 e. The van der Waals surface area contributed by atoms with E-state index in [1.54, 1.807) is 37.3 Å². The number of Topliss-reactive ketones (excluding diaryl/α,β-unsaturated/α-hetero) is 1. The number of rotatable bonds is 4. The van der Waals surface area contributed by atoms with Crippen LogP contribution in [0.3, 0.4) is 0 Å². The molecule has 3 aromatic rings. The van der Waals surface area contributed by atoms with Gasteiger partial charge in [0.1, 0.15) is 11.3 Å². The van der Waals surface area contributed by atoms with E-state index in [-0.39, 0.29) is 11.5 Å². The highest BCUT2D eigenvalue weighted by molar-refractivity contribution is 9.10. The number of hydrogen-bond donors (Lipinski definition) is 0. The lowest BCUT2D eigenvalue weighted by atomic mass is 10.1. The van der Waals surface area contributed by atoms with Crippen LogP contribution in [0, 0.1) is 6.92 Å². The highest BCUT2D eigenvalue weighted by Crippen LogP contribution is 2.29. The molecule has 0 fully saturated rings. The minimum atomic E-state index is -0.561. The number of hydrogen-bond acceptors (Lipinski definition) is 4. The molecule has 0 saturated heterocycles. The van der Waals surface area contributed by atoms with E-state index in [1.165, 1.54) is 0 Å². The molecule has 0 unspecified atom stereocenters. The molecular formula is C19H15BrO4. The lowest BCUT2D eigenvalue weighted by Crippen LogP contribution is -2.09. The van der Waals surface area contributed by atoms with Crippen LogP contribution in [-0.2, 0) is 0 Å². The summed E-state index contributed by atoms with van der Waals surface area (Å²) in [6.07, 6.45) is 0.437. The maximum Gasteiger partial charge on any atom is 0.379 e. The summed E-state index contributed by atoms with van der Waals surface area (Å²) in [4.78, 5) is 24.0. The van der Waals surface area contributed by atoms with Gasteiger partial charge in [0.25, 0.3) is 0 Å². The lowest BCUT2D eigenvalue weighted by Gasteiger charge is -2.04. The Morgan fingerprint density at radius 3 is 2.50 bits per heavy atom. The largest absolute Gasteiger partial charge is 0.449 e. The van der Waals surface area contributed by atoms with Gasteiger partial charge < -0.3 is 9.15 Å². The third kappa shape index (κ3) is 3.12. The van der Waals surface area contributed by atoms with E-state index >= 15 is 0 Å². The fraction of sp³-hybridized carbons (Fsp3) is 0.158. The van der Waals surface area contributed by atoms with Crippen molar-refractivity contribution in [3.63, 3.8) is 0 Å². The number of benzene rings is 2. The number of aryl methyl sites for hydroxylation is 1. The molecule has 0 saturated carbocycles. The molecule has 0 bridgehead atoms. The van der Waals surface area contributed by atoms with Gasteiger partial charge in [0.05, 0.1) is 0 Å². The molecule has 0 aliphatic heterocycles. The quantitative estimate of drug-likeness (QED) is 0.346. The van der Waals surface area contributed by atoms with Gasteiger partial charge in [-0.05, 0) is 49.4 Å². The summed E-state index contributed by atoms with van der Waals surface area (Å²) in [7, 11) is 0. The van der Waals surface area contributed by atoms with Gasteiger partial charge in [0.2, 0.25) is 5.76 Å². The maximum absolute atomic E-state index is 12.4. The van der Waals surface area contributed by atoms with Crippen molar-refractivity contribution in [2.75, 3.05) is 0 Å². The van der Waals surface area contributed by atoms with Crippen molar-refractivity contribution < 1.29 is 18.7 Å². The average Bonchev–Trinajstić information content (AvgIpc) is 2.91. The SMILES string of the molecule is CCC(=O)c1ccc(OC(=O)c2oc3ccc(Br)cc3c2C)cc1. The van der Waals surface area contributed by atoms with Crippen LogP contribution < -0.4 is 4.74 Å². The zero-order chi connectivity index (χ0) is 17.3. The predicted octanol–water partition coefficient (Wildman–Crippen LogP) is 5.32. The zero-order valence-electron chi connectivity index (χ0n) is 13.3. The van der Waals surface area contributed by atoms with Crippen molar-refractivity contribution in [1.82, 2.24) is 0 Å². The predicted molar refractivity (Wildman–Crippen MR) is 94.7 cm³/mol. The van der Waals surface area contributed by atoms with Crippen molar-refractivity contribution in [3.8, 4) is 5.75 Å². The maximum atomic E-state index is 12.4. The number of carbonyl (C=O) groups excluding carboxylic acids is 2. The second kappa shape index (κ2) is 6.61. The van der Waals surface area contributed by atoms with E-state index in [2.05, 4.69) is 15.9 Å². The van der Waals surface area contributed by atoms with Gasteiger partial charge in [0, 0.05) is 27.4 Å². The summed E-state index contributed by atoms with van der Waals surface area (Å²) in [5.74, 6) is 0.0338. The molecule has 0 aliphatic carbocycles. The Labute approximate surface area is 147 Å². The van der Waals surface area contributed by atoms with Crippen LogP contribution in [0.1, 0.15) is 39.8 Å². The Bertz CT molecular complexity index is 922. The first kappa shape index (κ1) is 16.5. The summed E-state index contributed by atoms with van der Waals surface area (Å²) in [5.41, 5.74) is 1.96. The Balaban J connectivity index is 1.85. The topological polar surface area (TPSA) is 56.5 Å². The first-order chi connectivity index (χ1) is 11.5. The van der Waals surface area contributed by atoms with Crippen LogP contribution in [-0.4, -0.2) is 11.8 Å². The summed E-state index contributed by atoms with van der Waals surface area (Å²) < 4.78 is 11.9. The number of carbonyl (C=O) groups is 2. The third-order valence-corrected chi connectivity index (χ3v) is 4.28. The number of esters is 1. The first-order valence-electron chi connectivity index (χ1n) is 7.53. The van der Waals surface area contributed by atoms with Gasteiger partial charge in [-0.25, -0.2) is 4.79 Å². The van der Waals surface area contributed by atoms with Crippen molar-refractivity contribution >= 4 is 38.7 Å². The van der Waals surface area contributed by atoms with Gasteiger partial charge >= 0.3 is 5.97 Å². The molecule has 1 heterocycles. The number of ether oxygens (including phenoxy) is 1.